The van der Waals surface area contributed by atoms with Crippen molar-refractivity contribution < 1.29 is 29.1 Å². The summed E-state index contributed by atoms with van der Waals surface area (Å²) in [5.74, 6) is -3.91. The Bertz CT molecular complexity index is 770. The molecule has 4 amide bonds. The number of amides is 4. The van der Waals surface area contributed by atoms with Crippen LogP contribution in [-0.2, 0) is 30.4 Å². The van der Waals surface area contributed by atoms with E-state index in [1.807, 2.05) is 6.07 Å². The molecule has 0 saturated heterocycles. The summed E-state index contributed by atoms with van der Waals surface area (Å²) in [5, 5.41) is 16.0. The number of aliphatic carboxylic acids is 1. The molecule has 0 bridgehead atoms. The molecule has 11 nitrogen and oxygen atoms in total. The van der Waals surface area contributed by atoms with E-state index in [9.17, 15) is 24.0 Å². The van der Waals surface area contributed by atoms with Gasteiger partial charge < -0.3 is 32.5 Å². The zero-order valence-corrected chi connectivity index (χ0v) is 16.6. The Morgan fingerprint density at radius 1 is 0.967 bits per heavy atom. The lowest BCUT2D eigenvalue weighted by Crippen LogP contribution is -2.56. The molecule has 0 aliphatic carbocycles. The molecule has 0 aliphatic rings. The number of hydrogen-bond donors (Lipinski definition) is 6. The Balaban J connectivity index is 2.77. The molecule has 3 atom stereocenters. The summed E-state index contributed by atoms with van der Waals surface area (Å²) >= 11 is 0. The van der Waals surface area contributed by atoms with Crippen LogP contribution in [0.15, 0.2) is 30.3 Å². The summed E-state index contributed by atoms with van der Waals surface area (Å²) in [6.07, 6.45) is -0.367. The van der Waals surface area contributed by atoms with Crippen LogP contribution in [0.2, 0.25) is 0 Å². The maximum Gasteiger partial charge on any atom is 0.303 e. The standard InChI is InChI=1S/C19H27N5O6/c1-11(18(29)24-13(17(21)28)7-8-16(26)27)22-19(30)14(23-15(25)10-20)9-12-5-3-2-4-6-12/h2-6,11,13-14H,7-10,20H2,1H3,(H2,21,28)(H,22,30)(H,23,25)(H,24,29)(H,26,27)/t11-,13-,14+/m0/s1. The lowest BCUT2D eigenvalue weighted by molar-refractivity contribution is -0.138. The van der Waals surface area contributed by atoms with E-state index in [0.29, 0.717) is 0 Å². The van der Waals surface area contributed by atoms with Gasteiger partial charge in [0.15, 0.2) is 0 Å². The SMILES string of the molecule is C[C@H](NC(=O)[C@@H](Cc1ccccc1)NC(=O)CN)C(=O)N[C@@H](CCC(=O)O)C(N)=O. The Hall–Kier alpha value is -3.47. The minimum Gasteiger partial charge on any atom is -0.481 e. The number of carbonyl (C=O) groups excluding carboxylic acids is 4. The smallest absolute Gasteiger partial charge is 0.303 e. The van der Waals surface area contributed by atoms with Crippen molar-refractivity contribution in [2.75, 3.05) is 6.54 Å². The Morgan fingerprint density at radius 3 is 2.13 bits per heavy atom. The molecule has 8 N–H and O–H groups in total. The van der Waals surface area contributed by atoms with Gasteiger partial charge in [-0.1, -0.05) is 30.3 Å². The minimum atomic E-state index is -1.19. The van der Waals surface area contributed by atoms with Gasteiger partial charge in [-0.3, -0.25) is 24.0 Å². The highest BCUT2D eigenvalue weighted by Crippen LogP contribution is 2.04. The molecule has 0 aliphatic heterocycles. The number of primary amides is 1. The molecule has 0 radical (unpaired) electrons. The number of nitrogens with one attached hydrogen (secondary N) is 3. The third kappa shape index (κ3) is 8.69. The fourth-order valence-electron chi connectivity index (χ4n) is 2.54. The van der Waals surface area contributed by atoms with Gasteiger partial charge in [0.1, 0.15) is 18.1 Å². The van der Waals surface area contributed by atoms with Gasteiger partial charge >= 0.3 is 5.97 Å². The molecule has 0 heterocycles. The summed E-state index contributed by atoms with van der Waals surface area (Å²) < 4.78 is 0. The fraction of sp³-hybridized carbons (Fsp3) is 0.421. The van der Waals surface area contributed by atoms with E-state index in [-0.39, 0.29) is 25.8 Å². The lowest BCUT2D eigenvalue weighted by atomic mass is 10.0. The van der Waals surface area contributed by atoms with Gasteiger partial charge in [-0.15, -0.1) is 0 Å². The first-order valence-corrected chi connectivity index (χ1v) is 9.29. The van der Waals surface area contributed by atoms with Crippen molar-refractivity contribution >= 4 is 29.6 Å². The second-order valence-electron chi connectivity index (χ2n) is 6.64. The highest BCUT2D eigenvalue weighted by Gasteiger charge is 2.27. The van der Waals surface area contributed by atoms with Crippen LogP contribution in [-0.4, -0.2) is 59.4 Å². The zero-order chi connectivity index (χ0) is 22.7. The van der Waals surface area contributed by atoms with Crippen molar-refractivity contribution in [1.29, 1.82) is 0 Å². The van der Waals surface area contributed by atoms with Gasteiger partial charge in [0, 0.05) is 12.8 Å². The highest BCUT2D eigenvalue weighted by atomic mass is 16.4. The number of rotatable bonds is 12. The van der Waals surface area contributed by atoms with E-state index in [0.717, 1.165) is 5.56 Å². The molecule has 0 fully saturated rings. The molecular formula is C19H27N5O6. The van der Waals surface area contributed by atoms with Crippen molar-refractivity contribution in [1.82, 2.24) is 16.0 Å². The Labute approximate surface area is 173 Å². The topological polar surface area (TPSA) is 194 Å². The third-order valence-electron chi connectivity index (χ3n) is 4.18. The van der Waals surface area contributed by atoms with Crippen LogP contribution in [0.25, 0.3) is 0 Å². The molecule has 0 saturated carbocycles. The number of hydrogen-bond acceptors (Lipinski definition) is 6. The van der Waals surface area contributed by atoms with Gasteiger partial charge in [0.2, 0.25) is 23.6 Å². The van der Waals surface area contributed by atoms with Crippen LogP contribution in [0, 0.1) is 0 Å². The van der Waals surface area contributed by atoms with Crippen molar-refractivity contribution in [3.63, 3.8) is 0 Å². The van der Waals surface area contributed by atoms with Crippen LogP contribution < -0.4 is 27.4 Å². The molecular weight excluding hydrogens is 394 g/mol. The first-order chi connectivity index (χ1) is 14.1. The van der Waals surface area contributed by atoms with E-state index in [1.165, 1.54) is 6.92 Å². The van der Waals surface area contributed by atoms with E-state index in [4.69, 9.17) is 16.6 Å². The van der Waals surface area contributed by atoms with E-state index < -0.39 is 47.7 Å². The molecule has 0 spiro atoms. The summed E-state index contributed by atoms with van der Waals surface area (Å²) in [4.78, 5) is 58.7. The number of nitrogens with two attached hydrogens (primary N) is 2. The number of carboxylic acid groups (broad SMARTS) is 1. The number of carbonyl (C=O) groups is 5. The van der Waals surface area contributed by atoms with Crippen LogP contribution in [0.3, 0.4) is 0 Å². The van der Waals surface area contributed by atoms with Crippen LogP contribution in [0.5, 0.6) is 0 Å². The van der Waals surface area contributed by atoms with Crippen LogP contribution in [0.4, 0.5) is 0 Å². The minimum absolute atomic E-state index is 0.176. The summed E-state index contributed by atoms with van der Waals surface area (Å²) in [6, 6.07) is 5.71. The van der Waals surface area contributed by atoms with Gasteiger partial charge in [0.05, 0.1) is 6.54 Å². The Kier molecular flexibility index (Phi) is 9.97. The van der Waals surface area contributed by atoms with Crippen molar-refractivity contribution in [2.24, 2.45) is 11.5 Å². The predicted octanol–water partition coefficient (Wildman–Crippen LogP) is -1.99. The molecule has 164 valence electrons. The zero-order valence-electron chi connectivity index (χ0n) is 16.6. The van der Waals surface area contributed by atoms with Gasteiger partial charge in [0.25, 0.3) is 0 Å². The summed E-state index contributed by atoms with van der Waals surface area (Å²) in [5.41, 5.74) is 11.3. The third-order valence-corrected chi connectivity index (χ3v) is 4.18. The van der Waals surface area contributed by atoms with Gasteiger partial charge in [-0.25, -0.2) is 0 Å². The Morgan fingerprint density at radius 2 is 1.60 bits per heavy atom. The molecule has 30 heavy (non-hydrogen) atoms. The summed E-state index contributed by atoms with van der Waals surface area (Å²) in [6.45, 7) is 1.07. The normalized spacial score (nSPS) is 13.4. The number of benzene rings is 1. The molecule has 0 unspecified atom stereocenters. The van der Waals surface area contributed by atoms with Crippen molar-refractivity contribution in [3.05, 3.63) is 35.9 Å². The fourth-order valence-corrected chi connectivity index (χ4v) is 2.54. The average molecular weight is 421 g/mol. The first kappa shape index (κ1) is 24.6. The monoisotopic (exact) mass is 421 g/mol. The molecule has 11 heteroatoms. The molecule has 1 rings (SSSR count). The highest BCUT2D eigenvalue weighted by molar-refractivity contribution is 5.94. The molecule has 1 aromatic rings. The van der Waals surface area contributed by atoms with Crippen molar-refractivity contribution in [2.45, 2.75) is 44.3 Å². The number of carboxylic acids is 1. The second-order valence-corrected chi connectivity index (χ2v) is 6.64. The predicted molar refractivity (Wildman–Crippen MR) is 107 cm³/mol. The van der Waals surface area contributed by atoms with E-state index in [2.05, 4.69) is 16.0 Å². The molecule has 1 aromatic carbocycles. The summed E-state index contributed by atoms with van der Waals surface area (Å²) in [7, 11) is 0. The molecule has 0 aromatic heterocycles. The quantitative estimate of drug-likeness (QED) is 0.225. The maximum absolute atomic E-state index is 12.6. The van der Waals surface area contributed by atoms with Gasteiger partial charge in [-0.05, 0) is 18.9 Å². The first-order valence-electron chi connectivity index (χ1n) is 9.29. The average Bonchev–Trinajstić information content (AvgIpc) is 2.70. The largest absolute Gasteiger partial charge is 0.481 e. The second kappa shape index (κ2) is 12.2. The van der Waals surface area contributed by atoms with Crippen LogP contribution >= 0.6 is 0 Å². The maximum atomic E-state index is 12.6. The van der Waals surface area contributed by atoms with E-state index in [1.54, 1.807) is 24.3 Å². The van der Waals surface area contributed by atoms with Crippen molar-refractivity contribution in [3.8, 4) is 0 Å². The van der Waals surface area contributed by atoms with Gasteiger partial charge in [-0.2, -0.15) is 0 Å². The van der Waals surface area contributed by atoms with E-state index >= 15 is 0 Å². The van der Waals surface area contributed by atoms with Crippen LogP contribution in [0.1, 0.15) is 25.3 Å². The lowest BCUT2D eigenvalue weighted by Gasteiger charge is -2.22.